The molecule has 0 saturated carbocycles. The highest BCUT2D eigenvalue weighted by molar-refractivity contribution is 5.91. The number of nitrogens with zero attached hydrogens (tertiary/aromatic N) is 5. The summed E-state index contributed by atoms with van der Waals surface area (Å²) in [6.45, 7) is 3.81. The Balaban J connectivity index is 1.54. The second-order valence-electron chi connectivity index (χ2n) is 6.34. The van der Waals surface area contributed by atoms with Crippen molar-refractivity contribution in [2.24, 2.45) is 0 Å². The van der Waals surface area contributed by atoms with E-state index in [4.69, 9.17) is 0 Å². The van der Waals surface area contributed by atoms with Gasteiger partial charge in [-0.05, 0) is 37.8 Å². The number of nitrogens with one attached hydrogen (secondary N) is 2. The SMILES string of the molecule is Cc1nc(C(=O)NC2(C)Cc3ccccc3C2)nn1-c1ncn[nH]1. The summed E-state index contributed by atoms with van der Waals surface area (Å²) in [5.74, 6) is 0.836. The average molecular weight is 323 g/mol. The Morgan fingerprint density at radius 2 is 2.00 bits per heavy atom. The second-order valence-corrected chi connectivity index (χ2v) is 6.34. The monoisotopic (exact) mass is 323 g/mol. The number of hydrogen-bond acceptors (Lipinski definition) is 5. The fraction of sp³-hybridized carbons (Fsp3) is 0.312. The highest BCUT2D eigenvalue weighted by Crippen LogP contribution is 2.29. The lowest BCUT2D eigenvalue weighted by atomic mass is 9.98. The summed E-state index contributed by atoms with van der Waals surface area (Å²) < 4.78 is 1.47. The molecule has 8 heteroatoms. The number of benzene rings is 1. The molecule has 8 nitrogen and oxygen atoms in total. The van der Waals surface area contributed by atoms with Crippen LogP contribution >= 0.6 is 0 Å². The Hall–Kier alpha value is -3.03. The molecule has 0 atom stereocenters. The van der Waals surface area contributed by atoms with Crippen LogP contribution in [0.2, 0.25) is 0 Å². The molecule has 24 heavy (non-hydrogen) atoms. The normalized spacial score (nSPS) is 15.2. The van der Waals surface area contributed by atoms with Crippen molar-refractivity contribution in [1.29, 1.82) is 0 Å². The lowest BCUT2D eigenvalue weighted by Crippen LogP contribution is -2.47. The van der Waals surface area contributed by atoms with E-state index in [1.165, 1.54) is 22.1 Å². The van der Waals surface area contributed by atoms with Gasteiger partial charge in [-0.15, -0.1) is 5.10 Å². The molecule has 2 heterocycles. The summed E-state index contributed by atoms with van der Waals surface area (Å²) in [5, 5.41) is 13.8. The third-order valence-electron chi connectivity index (χ3n) is 4.27. The summed E-state index contributed by atoms with van der Waals surface area (Å²) in [5.41, 5.74) is 2.22. The van der Waals surface area contributed by atoms with Gasteiger partial charge in [0.1, 0.15) is 12.2 Å². The quantitative estimate of drug-likeness (QED) is 0.748. The van der Waals surface area contributed by atoms with Crippen molar-refractivity contribution in [2.45, 2.75) is 32.2 Å². The van der Waals surface area contributed by atoms with Gasteiger partial charge in [0, 0.05) is 5.54 Å². The molecule has 0 fully saturated rings. The number of carbonyl (C=O) groups is 1. The van der Waals surface area contributed by atoms with Crippen LogP contribution < -0.4 is 5.32 Å². The lowest BCUT2D eigenvalue weighted by Gasteiger charge is -2.24. The van der Waals surface area contributed by atoms with Gasteiger partial charge in [-0.1, -0.05) is 24.3 Å². The van der Waals surface area contributed by atoms with Crippen LogP contribution in [0, 0.1) is 6.92 Å². The molecule has 1 aliphatic carbocycles. The van der Waals surface area contributed by atoms with Gasteiger partial charge in [0.2, 0.25) is 11.8 Å². The maximum atomic E-state index is 12.6. The molecule has 122 valence electrons. The third kappa shape index (κ3) is 2.45. The number of carbonyl (C=O) groups excluding carboxylic acids is 1. The van der Waals surface area contributed by atoms with Gasteiger partial charge in [-0.2, -0.15) is 14.8 Å². The first kappa shape index (κ1) is 14.6. The Morgan fingerprint density at radius 3 is 2.62 bits per heavy atom. The van der Waals surface area contributed by atoms with E-state index in [-0.39, 0.29) is 17.3 Å². The summed E-state index contributed by atoms with van der Waals surface area (Å²) in [4.78, 5) is 20.9. The molecule has 1 aromatic carbocycles. The zero-order valence-electron chi connectivity index (χ0n) is 13.4. The maximum absolute atomic E-state index is 12.6. The molecule has 4 rings (SSSR count). The molecule has 0 radical (unpaired) electrons. The van der Waals surface area contributed by atoms with Crippen molar-refractivity contribution in [3.8, 4) is 5.95 Å². The highest BCUT2D eigenvalue weighted by Gasteiger charge is 2.35. The molecule has 0 bridgehead atoms. The molecule has 2 N–H and O–H groups in total. The highest BCUT2D eigenvalue weighted by atomic mass is 16.2. The van der Waals surface area contributed by atoms with Gasteiger partial charge in [-0.25, -0.2) is 10.1 Å². The molecule has 0 saturated heterocycles. The number of aromatic nitrogens is 6. The zero-order valence-corrected chi connectivity index (χ0v) is 13.4. The summed E-state index contributed by atoms with van der Waals surface area (Å²) in [6.07, 6.45) is 2.99. The number of amides is 1. The van der Waals surface area contributed by atoms with Gasteiger partial charge in [0.25, 0.3) is 5.91 Å². The van der Waals surface area contributed by atoms with Crippen molar-refractivity contribution in [2.75, 3.05) is 0 Å². The van der Waals surface area contributed by atoms with Crippen LogP contribution in [-0.4, -0.2) is 41.4 Å². The van der Waals surface area contributed by atoms with E-state index in [0.717, 1.165) is 12.8 Å². The number of rotatable bonds is 3. The fourth-order valence-electron chi connectivity index (χ4n) is 3.21. The Bertz CT molecular complexity index is 872. The van der Waals surface area contributed by atoms with Gasteiger partial charge in [-0.3, -0.25) is 4.79 Å². The van der Waals surface area contributed by atoms with Crippen molar-refractivity contribution >= 4 is 5.91 Å². The number of fused-ring (bicyclic) bond motifs is 1. The minimum Gasteiger partial charge on any atom is -0.343 e. The first-order valence-electron chi connectivity index (χ1n) is 7.73. The Labute approximate surface area is 138 Å². The predicted molar refractivity (Wildman–Crippen MR) is 85.8 cm³/mol. The Morgan fingerprint density at radius 1 is 1.29 bits per heavy atom. The van der Waals surface area contributed by atoms with E-state index in [9.17, 15) is 4.79 Å². The molecule has 1 aliphatic rings. The minimum absolute atomic E-state index is 0.126. The van der Waals surface area contributed by atoms with Crippen LogP contribution in [0.5, 0.6) is 0 Å². The van der Waals surface area contributed by atoms with Gasteiger partial charge in [0.15, 0.2) is 0 Å². The smallest absolute Gasteiger partial charge is 0.291 e. The zero-order chi connectivity index (χ0) is 16.7. The van der Waals surface area contributed by atoms with E-state index in [0.29, 0.717) is 11.8 Å². The van der Waals surface area contributed by atoms with Gasteiger partial charge >= 0.3 is 0 Å². The lowest BCUT2D eigenvalue weighted by molar-refractivity contribution is 0.0899. The van der Waals surface area contributed by atoms with Crippen molar-refractivity contribution in [1.82, 2.24) is 35.3 Å². The molecule has 2 aromatic heterocycles. The maximum Gasteiger partial charge on any atom is 0.291 e. The summed E-state index contributed by atoms with van der Waals surface area (Å²) in [6, 6.07) is 8.26. The van der Waals surface area contributed by atoms with E-state index in [2.05, 4.69) is 42.7 Å². The summed E-state index contributed by atoms with van der Waals surface area (Å²) in [7, 11) is 0. The van der Waals surface area contributed by atoms with E-state index < -0.39 is 0 Å². The van der Waals surface area contributed by atoms with Crippen LogP contribution in [-0.2, 0) is 12.8 Å². The fourth-order valence-corrected chi connectivity index (χ4v) is 3.21. The number of aryl methyl sites for hydroxylation is 1. The molecule has 3 aromatic rings. The molecular formula is C16H17N7O. The van der Waals surface area contributed by atoms with Crippen LogP contribution in [0.25, 0.3) is 5.95 Å². The van der Waals surface area contributed by atoms with Crippen molar-refractivity contribution < 1.29 is 4.79 Å². The van der Waals surface area contributed by atoms with E-state index >= 15 is 0 Å². The minimum atomic E-state index is -0.327. The summed E-state index contributed by atoms with van der Waals surface area (Å²) >= 11 is 0. The molecule has 0 unspecified atom stereocenters. The van der Waals surface area contributed by atoms with Crippen molar-refractivity contribution in [3.63, 3.8) is 0 Å². The van der Waals surface area contributed by atoms with Crippen LogP contribution in [0.3, 0.4) is 0 Å². The largest absolute Gasteiger partial charge is 0.343 e. The average Bonchev–Trinajstić information content (AvgIpc) is 3.23. The van der Waals surface area contributed by atoms with E-state index in [1.807, 2.05) is 19.1 Å². The van der Waals surface area contributed by atoms with Gasteiger partial charge < -0.3 is 5.32 Å². The Kier molecular flexibility index (Phi) is 3.19. The van der Waals surface area contributed by atoms with Crippen LogP contribution in [0.4, 0.5) is 0 Å². The number of hydrogen-bond donors (Lipinski definition) is 2. The molecule has 1 amide bonds. The topological polar surface area (TPSA) is 101 Å². The first-order valence-corrected chi connectivity index (χ1v) is 7.73. The number of H-pyrrole nitrogens is 1. The van der Waals surface area contributed by atoms with Crippen LogP contribution in [0.1, 0.15) is 34.5 Å². The number of aromatic amines is 1. The van der Waals surface area contributed by atoms with Crippen molar-refractivity contribution in [3.05, 3.63) is 53.4 Å². The third-order valence-corrected chi connectivity index (χ3v) is 4.27. The van der Waals surface area contributed by atoms with Crippen LogP contribution in [0.15, 0.2) is 30.6 Å². The standard InChI is InChI=1S/C16H17N7O/c1-10-19-13(22-23(10)15-17-9-18-21-15)14(24)20-16(2)7-11-5-3-4-6-12(11)8-16/h3-6,9H,7-8H2,1-2H3,(H,20,24)(H,17,18,21). The van der Waals surface area contributed by atoms with E-state index in [1.54, 1.807) is 6.92 Å². The molecule has 0 aliphatic heterocycles. The predicted octanol–water partition coefficient (Wildman–Crippen LogP) is 0.981. The molecular weight excluding hydrogens is 306 g/mol. The van der Waals surface area contributed by atoms with Gasteiger partial charge in [0.05, 0.1) is 0 Å². The first-order chi connectivity index (χ1) is 11.5. The second kappa shape index (κ2) is 5.26. The molecule has 0 spiro atoms.